The van der Waals surface area contributed by atoms with Crippen molar-refractivity contribution in [3.8, 4) is 0 Å². The van der Waals surface area contributed by atoms with E-state index >= 15 is 0 Å². The second kappa shape index (κ2) is 8.11. The molecule has 0 aliphatic heterocycles. The fourth-order valence-corrected chi connectivity index (χ4v) is 2.64. The van der Waals surface area contributed by atoms with Gasteiger partial charge in [0.2, 0.25) is 0 Å². The average Bonchev–Trinajstić information content (AvgIpc) is 2.13. The van der Waals surface area contributed by atoms with Gasteiger partial charge in [-0.05, 0) is 37.6 Å². The van der Waals surface area contributed by atoms with Crippen molar-refractivity contribution in [1.82, 2.24) is 5.32 Å². The molecule has 0 bridgehead atoms. The number of rotatable bonds is 8. The Labute approximate surface area is 103 Å². The molecule has 0 saturated heterocycles. The van der Waals surface area contributed by atoms with Crippen molar-refractivity contribution in [3.05, 3.63) is 0 Å². The first-order valence-corrected chi connectivity index (χ1v) is 7.06. The summed E-state index contributed by atoms with van der Waals surface area (Å²) in [6.07, 6.45) is 8.10. The smallest absolute Gasteiger partial charge is 0.00666 e. The van der Waals surface area contributed by atoms with E-state index in [0.717, 1.165) is 12.0 Å². The first-order valence-electron chi connectivity index (χ1n) is 7.06. The van der Waals surface area contributed by atoms with Gasteiger partial charge in [0.1, 0.15) is 0 Å². The quantitative estimate of drug-likeness (QED) is 0.597. The Morgan fingerprint density at radius 3 is 2.19 bits per heavy atom. The predicted molar refractivity (Wildman–Crippen MR) is 74.8 cm³/mol. The minimum Gasteiger partial charge on any atom is -0.317 e. The Kier molecular flexibility index (Phi) is 8.09. The lowest BCUT2D eigenvalue weighted by Crippen LogP contribution is -2.28. The van der Waals surface area contributed by atoms with Gasteiger partial charge in [-0.2, -0.15) is 0 Å². The zero-order chi connectivity index (χ0) is 12.6. The molecule has 0 aromatic rings. The molecule has 0 amide bonds. The molecule has 0 heterocycles. The molecule has 0 aromatic heterocycles. The van der Waals surface area contributed by atoms with Crippen molar-refractivity contribution in [2.24, 2.45) is 11.3 Å². The maximum atomic E-state index is 3.48. The Morgan fingerprint density at radius 1 is 1.12 bits per heavy atom. The van der Waals surface area contributed by atoms with Gasteiger partial charge in [-0.15, -0.1) is 0 Å². The maximum Gasteiger partial charge on any atom is 0.00666 e. The van der Waals surface area contributed by atoms with E-state index in [1.807, 2.05) is 0 Å². The molecule has 0 aliphatic carbocycles. The van der Waals surface area contributed by atoms with Crippen LogP contribution in [0.5, 0.6) is 0 Å². The van der Waals surface area contributed by atoms with Crippen LogP contribution in [0.4, 0.5) is 0 Å². The van der Waals surface area contributed by atoms with Crippen LogP contribution in [-0.2, 0) is 0 Å². The van der Waals surface area contributed by atoms with Gasteiger partial charge in [-0.1, -0.05) is 53.9 Å². The second-order valence-corrected chi connectivity index (χ2v) is 6.59. The average molecular weight is 227 g/mol. The van der Waals surface area contributed by atoms with Crippen LogP contribution in [0, 0.1) is 11.3 Å². The van der Waals surface area contributed by atoms with E-state index in [4.69, 9.17) is 0 Å². The highest BCUT2D eigenvalue weighted by Gasteiger charge is 2.18. The number of nitrogens with one attached hydrogen (secondary N) is 1. The van der Waals surface area contributed by atoms with Crippen LogP contribution in [0.15, 0.2) is 0 Å². The minimum atomic E-state index is 0.473. The third kappa shape index (κ3) is 9.21. The van der Waals surface area contributed by atoms with Crippen molar-refractivity contribution >= 4 is 0 Å². The van der Waals surface area contributed by atoms with E-state index in [9.17, 15) is 0 Å². The lowest BCUT2D eigenvalue weighted by molar-refractivity contribution is 0.272. The van der Waals surface area contributed by atoms with Gasteiger partial charge < -0.3 is 5.32 Å². The van der Waals surface area contributed by atoms with Crippen LogP contribution >= 0.6 is 0 Å². The SMILES string of the molecule is CCCCCC(CC(C)CC(C)(C)C)NC. The Balaban J connectivity index is 3.83. The minimum absolute atomic E-state index is 0.473. The van der Waals surface area contributed by atoms with Crippen LogP contribution in [0.25, 0.3) is 0 Å². The first kappa shape index (κ1) is 16.0. The maximum absolute atomic E-state index is 3.48. The zero-order valence-corrected chi connectivity index (χ0v) is 12.4. The molecule has 1 nitrogen and oxygen atoms in total. The molecule has 0 rings (SSSR count). The lowest BCUT2D eigenvalue weighted by Gasteiger charge is -2.26. The van der Waals surface area contributed by atoms with Crippen LogP contribution in [0.2, 0.25) is 0 Å². The van der Waals surface area contributed by atoms with Gasteiger partial charge >= 0.3 is 0 Å². The Bertz CT molecular complexity index is 157. The molecule has 0 fully saturated rings. The topological polar surface area (TPSA) is 12.0 Å². The molecule has 2 unspecified atom stereocenters. The first-order chi connectivity index (χ1) is 7.39. The standard InChI is InChI=1S/C15H33N/c1-7-8-9-10-14(16-6)11-13(2)12-15(3,4)5/h13-14,16H,7-12H2,1-6H3. The van der Waals surface area contributed by atoms with Crippen LogP contribution in [-0.4, -0.2) is 13.1 Å². The molecule has 0 aromatic carbocycles. The van der Waals surface area contributed by atoms with Crippen LogP contribution < -0.4 is 5.32 Å². The molecule has 16 heavy (non-hydrogen) atoms. The van der Waals surface area contributed by atoms with E-state index in [2.05, 4.69) is 47.0 Å². The van der Waals surface area contributed by atoms with E-state index in [1.54, 1.807) is 0 Å². The highest BCUT2D eigenvalue weighted by molar-refractivity contribution is 4.72. The summed E-state index contributed by atoms with van der Waals surface area (Å²) in [5, 5.41) is 3.48. The monoisotopic (exact) mass is 227 g/mol. The normalized spacial score (nSPS) is 16.1. The number of hydrogen-bond acceptors (Lipinski definition) is 1. The van der Waals surface area contributed by atoms with Gasteiger partial charge in [-0.3, -0.25) is 0 Å². The van der Waals surface area contributed by atoms with Crippen LogP contribution in [0.3, 0.4) is 0 Å². The Hall–Kier alpha value is -0.0400. The molecule has 2 atom stereocenters. The lowest BCUT2D eigenvalue weighted by atomic mass is 9.82. The third-order valence-electron chi connectivity index (χ3n) is 3.21. The molecule has 1 heteroatoms. The summed E-state index contributed by atoms with van der Waals surface area (Å²) in [6.45, 7) is 11.7. The summed E-state index contributed by atoms with van der Waals surface area (Å²) in [4.78, 5) is 0. The summed E-state index contributed by atoms with van der Waals surface area (Å²) in [7, 11) is 2.11. The van der Waals surface area contributed by atoms with Crippen molar-refractivity contribution in [1.29, 1.82) is 0 Å². The molecular weight excluding hydrogens is 194 g/mol. The van der Waals surface area contributed by atoms with Gasteiger partial charge in [0.25, 0.3) is 0 Å². The van der Waals surface area contributed by atoms with Crippen molar-refractivity contribution in [2.45, 2.75) is 79.2 Å². The van der Waals surface area contributed by atoms with Gasteiger partial charge in [0.05, 0.1) is 0 Å². The van der Waals surface area contributed by atoms with E-state index < -0.39 is 0 Å². The fourth-order valence-electron chi connectivity index (χ4n) is 2.64. The fraction of sp³-hybridized carbons (Fsp3) is 1.00. The number of unbranched alkanes of at least 4 members (excludes halogenated alkanes) is 2. The predicted octanol–water partition coefficient (Wildman–Crippen LogP) is 4.62. The Morgan fingerprint density at radius 2 is 1.75 bits per heavy atom. The van der Waals surface area contributed by atoms with Gasteiger partial charge in [0.15, 0.2) is 0 Å². The summed E-state index contributed by atoms with van der Waals surface area (Å²) in [5.41, 5.74) is 0.473. The summed E-state index contributed by atoms with van der Waals surface area (Å²) in [6, 6.07) is 0.726. The highest BCUT2D eigenvalue weighted by atomic mass is 14.9. The molecular formula is C15H33N. The van der Waals surface area contributed by atoms with Crippen molar-refractivity contribution in [3.63, 3.8) is 0 Å². The molecule has 0 saturated carbocycles. The molecule has 0 radical (unpaired) electrons. The van der Waals surface area contributed by atoms with E-state index in [0.29, 0.717) is 5.41 Å². The summed E-state index contributed by atoms with van der Waals surface area (Å²) < 4.78 is 0. The second-order valence-electron chi connectivity index (χ2n) is 6.59. The zero-order valence-electron chi connectivity index (χ0n) is 12.4. The molecule has 0 spiro atoms. The summed E-state index contributed by atoms with van der Waals surface area (Å²) in [5.74, 6) is 0.832. The highest BCUT2D eigenvalue weighted by Crippen LogP contribution is 2.27. The van der Waals surface area contributed by atoms with Crippen LogP contribution in [0.1, 0.15) is 73.1 Å². The van der Waals surface area contributed by atoms with Crippen molar-refractivity contribution in [2.75, 3.05) is 7.05 Å². The molecule has 1 N–H and O–H groups in total. The molecule has 0 aliphatic rings. The van der Waals surface area contributed by atoms with Gasteiger partial charge in [0, 0.05) is 6.04 Å². The van der Waals surface area contributed by atoms with Gasteiger partial charge in [-0.25, -0.2) is 0 Å². The molecule has 98 valence electrons. The van der Waals surface area contributed by atoms with E-state index in [1.165, 1.54) is 38.5 Å². The third-order valence-corrected chi connectivity index (χ3v) is 3.21. The largest absolute Gasteiger partial charge is 0.317 e. The number of hydrogen-bond donors (Lipinski definition) is 1. The van der Waals surface area contributed by atoms with E-state index in [-0.39, 0.29) is 0 Å². The summed E-state index contributed by atoms with van der Waals surface area (Å²) >= 11 is 0. The van der Waals surface area contributed by atoms with Crippen molar-refractivity contribution < 1.29 is 0 Å².